The molecule has 2 atom stereocenters. The number of carbonyl (C=O) groups excluding carboxylic acids is 1. The molecule has 2 rings (SSSR count). The molecule has 92 valence electrons. The Morgan fingerprint density at radius 3 is 2.81 bits per heavy atom. The lowest BCUT2D eigenvalue weighted by Crippen LogP contribution is -2.54. The van der Waals surface area contributed by atoms with Crippen molar-refractivity contribution in [1.82, 2.24) is 10.6 Å². The van der Waals surface area contributed by atoms with E-state index in [1.807, 2.05) is 6.92 Å². The van der Waals surface area contributed by atoms with Gasteiger partial charge in [0, 0.05) is 19.7 Å². The third kappa shape index (κ3) is 2.38. The van der Waals surface area contributed by atoms with E-state index in [0.29, 0.717) is 6.04 Å². The highest BCUT2D eigenvalue weighted by atomic mass is 16.5. The summed E-state index contributed by atoms with van der Waals surface area (Å²) in [7, 11) is 1.68. The predicted octanol–water partition coefficient (Wildman–Crippen LogP) is 0.812. The van der Waals surface area contributed by atoms with Crippen LogP contribution in [0.25, 0.3) is 0 Å². The van der Waals surface area contributed by atoms with Gasteiger partial charge in [-0.3, -0.25) is 4.79 Å². The van der Waals surface area contributed by atoms with Crippen molar-refractivity contribution in [3.8, 4) is 0 Å². The van der Waals surface area contributed by atoms with Crippen molar-refractivity contribution < 1.29 is 9.53 Å². The summed E-state index contributed by atoms with van der Waals surface area (Å²) in [6.07, 6.45) is 5.76. The third-order valence-corrected chi connectivity index (χ3v) is 3.88. The average Bonchev–Trinajstić information content (AvgIpc) is 2.26. The zero-order valence-corrected chi connectivity index (χ0v) is 10.2. The second-order valence-electron chi connectivity index (χ2n) is 5.08. The quantitative estimate of drug-likeness (QED) is 0.749. The SMILES string of the molecule is CNC(=O)C(C)NC1CCOC2(CCC2)C1. The summed E-state index contributed by atoms with van der Waals surface area (Å²) in [6.45, 7) is 2.75. The summed E-state index contributed by atoms with van der Waals surface area (Å²) in [5, 5.41) is 6.07. The Morgan fingerprint density at radius 1 is 1.50 bits per heavy atom. The first kappa shape index (κ1) is 11.9. The Kier molecular flexibility index (Phi) is 3.50. The summed E-state index contributed by atoms with van der Waals surface area (Å²) >= 11 is 0. The molecule has 0 aromatic heterocycles. The molecular weight excluding hydrogens is 204 g/mol. The van der Waals surface area contributed by atoms with Crippen molar-refractivity contribution in [3.05, 3.63) is 0 Å². The van der Waals surface area contributed by atoms with Gasteiger partial charge in [-0.2, -0.15) is 0 Å². The van der Waals surface area contributed by atoms with Gasteiger partial charge >= 0.3 is 0 Å². The van der Waals surface area contributed by atoms with Crippen LogP contribution in [0.5, 0.6) is 0 Å². The summed E-state index contributed by atoms with van der Waals surface area (Å²) in [5.74, 6) is 0.0640. The van der Waals surface area contributed by atoms with E-state index < -0.39 is 0 Å². The molecule has 1 amide bonds. The van der Waals surface area contributed by atoms with E-state index in [4.69, 9.17) is 4.74 Å². The van der Waals surface area contributed by atoms with Crippen LogP contribution in [0.4, 0.5) is 0 Å². The topological polar surface area (TPSA) is 50.4 Å². The smallest absolute Gasteiger partial charge is 0.236 e. The lowest BCUT2D eigenvalue weighted by molar-refractivity contribution is -0.138. The van der Waals surface area contributed by atoms with Gasteiger partial charge in [-0.25, -0.2) is 0 Å². The van der Waals surface area contributed by atoms with E-state index in [-0.39, 0.29) is 17.6 Å². The van der Waals surface area contributed by atoms with Crippen molar-refractivity contribution in [1.29, 1.82) is 0 Å². The monoisotopic (exact) mass is 226 g/mol. The number of likely N-dealkylation sites (N-methyl/N-ethyl adjacent to an activating group) is 1. The van der Waals surface area contributed by atoms with Crippen LogP contribution in [0, 0.1) is 0 Å². The maximum Gasteiger partial charge on any atom is 0.236 e. The van der Waals surface area contributed by atoms with Gasteiger partial charge in [-0.1, -0.05) is 0 Å². The fraction of sp³-hybridized carbons (Fsp3) is 0.917. The number of hydrogen-bond donors (Lipinski definition) is 2. The van der Waals surface area contributed by atoms with Crippen LogP contribution in [-0.2, 0) is 9.53 Å². The van der Waals surface area contributed by atoms with Crippen LogP contribution in [0.1, 0.15) is 39.0 Å². The minimum atomic E-state index is -0.106. The molecule has 1 heterocycles. The maximum atomic E-state index is 11.4. The molecule has 2 N–H and O–H groups in total. The molecular formula is C12H22N2O2. The van der Waals surface area contributed by atoms with Gasteiger partial charge in [0.25, 0.3) is 0 Å². The number of nitrogens with one attached hydrogen (secondary N) is 2. The van der Waals surface area contributed by atoms with Crippen LogP contribution in [-0.4, -0.2) is 37.2 Å². The second kappa shape index (κ2) is 4.72. The van der Waals surface area contributed by atoms with Crippen molar-refractivity contribution >= 4 is 5.91 Å². The Hall–Kier alpha value is -0.610. The number of carbonyl (C=O) groups is 1. The second-order valence-corrected chi connectivity index (χ2v) is 5.08. The largest absolute Gasteiger partial charge is 0.375 e. The number of ether oxygens (including phenoxy) is 1. The van der Waals surface area contributed by atoms with Crippen LogP contribution < -0.4 is 10.6 Å². The predicted molar refractivity (Wildman–Crippen MR) is 62.2 cm³/mol. The highest BCUT2D eigenvalue weighted by molar-refractivity contribution is 5.80. The molecule has 0 radical (unpaired) electrons. The zero-order chi connectivity index (χ0) is 11.6. The summed E-state index contributed by atoms with van der Waals surface area (Å²) in [6, 6.07) is 0.326. The van der Waals surface area contributed by atoms with E-state index in [0.717, 1.165) is 19.4 Å². The minimum Gasteiger partial charge on any atom is -0.375 e. The minimum absolute atomic E-state index is 0.0640. The van der Waals surface area contributed by atoms with Crippen molar-refractivity contribution in [2.45, 2.75) is 56.7 Å². The maximum absolute atomic E-state index is 11.4. The van der Waals surface area contributed by atoms with E-state index in [2.05, 4.69) is 10.6 Å². The molecule has 4 heteroatoms. The Morgan fingerprint density at radius 2 is 2.25 bits per heavy atom. The molecule has 16 heavy (non-hydrogen) atoms. The Bertz CT molecular complexity index is 264. The molecule has 2 unspecified atom stereocenters. The van der Waals surface area contributed by atoms with Gasteiger partial charge in [-0.05, 0) is 39.0 Å². The van der Waals surface area contributed by atoms with Crippen molar-refractivity contribution in [3.63, 3.8) is 0 Å². The summed E-state index contributed by atoms with van der Waals surface area (Å²) < 4.78 is 5.86. The van der Waals surface area contributed by atoms with Crippen LogP contribution in [0.2, 0.25) is 0 Å². The molecule has 4 nitrogen and oxygen atoms in total. The fourth-order valence-corrected chi connectivity index (χ4v) is 2.74. The van der Waals surface area contributed by atoms with E-state index >= 15 is 0 Å². The normalized spacial score (nSPS) is 29.5. The lowest BCUT2D eigenvalue weighted by atomic mass is 9.74. The first-order valence-electron chi connectivity index (χ1n) is 6.27. The Labute approximate surface area is 97.1 Å². The summed E-state index contributed by atoms with van der Waals surface area (Å²) in [4.78, 5) is 11.4. The molecule has 1 aliphatic carbocycles. The van der Waals surface area contributed by atoms with E-state index in [1.165, 1.54) is 19.3 Å². The highest BCUT2D eigenvalue weighted by Gasteiger charge is 2.42. The fourth-order valence-electron chi connectivity index (χ4n) is 2.74. The lowest BCUT2D eigenvalue weighted by Gasteiger charge is -2.47. The highest BCUT2D eigenvalue weighted by Crippen LogP contribution is 2.42. The molecule has 1 saturated heterocycles. The zero-order valence-electron chi connectivity index (χ0n) is 10.2. The Balaban J connectivity index is 1.83. The standard InChI is InChI=1S/C12H22N2O2/c1-9(11(15)13-2)14-10-4-7-16-12(8-10)5-3-6-12/h9-10,14H,3-8H2,1-2H3,(H,13,15). The molecule has 1 spiro atoms. The third-order valence-electron chi connectivity index (χ3n) is 3.88. The van der Waals surface area contributed by atoms with Gasteiger partial charge in [0.1, 0.15) is 0 Å². The van der Waals surface area contributed by atoms with Crippen molar-refractivity contribution in [2.75, 3.05) is 13.7 Å². The van der Waals surface area contributed by atoms with Gasteiger partial charge in [0.05, 0.1) is 11.6 Å². The molecule has 0 aromatic carbocycles. The summed E-state index contributed by atoms with van der Waals surface area (Å²) in [5.41, 5.74) is 0.151. The number of amides is 1. The molecule has 1 aliphatic heterocycles. The first-order valence-corrected chi connectivity index (χ1v) is 6.27. The number of hydrogen-bond acceptors (Lipinski definition) is 3. The van der Waals surface area contributed by atoms with Gasteiger partial charge in [0.15, 0.2) is 0 Å². The molecule has 1 saturated carbocycles. The van der Waals surface area contributed by atoms with E-state index in [1.54, 1.807) is 7.05 Å². The van der Waals surface area contributed by atoms with Gasteiger partial charge < -0.3 is 15.4 Å². The van der Waals surface area contributed by atoms with Crippen LogP contribution in [0.15, 0.2) is 0 Å². The van der Waals surface area contributed by atoms with Gasteiger partial charge in [-0.15, -0.1) is 0 Å². The van der Waals surface area contributed by atoms with Crippen LogP contribution in [0.3, 0.4) is 0 Å². The van der Waals surface area contributed by atoms with Crippen LogP contribution >= 0.6 is 0 Å². The number of rotatable bonds is 3. The molecule has 0 bridgehead atoms. The molecule has 2 aliphatic rings. The van der Waals surface area contributed by atoms with E-state index in [9.17, 15) is 4.79 Å². The first-order chi connectivity index (χ1) is 7.65. The average molecular weight is 226 g/mol. The molecule has 2 fully saturated rings. The van der Waals surface area contributed by atoms with Gasteiger partial charge in [0.2, 0.25) is 5.91 Å². The molecule has 0 aromatic rings. The van der Waals surface area contributed by atoms with Crippen molar-refractivity contribution in [2.24, 2.45) is 0 Å².